The molecule has 2 N–H and O–H groups in total. The van der Waals surface area contributed by atoms with Crippen molar-refractivity contribution >= 4 is 5.69 Å². The lowest BCUT2D eigenvalue weighted by Crippen LogP contribution is -2.27. The lowest BCUT2D eigenvalue weighted by molar-refractivity contribution is -0.00443. The van der Waals surface area contributed by atoms with Crippen LogP contribution in [0.2, 0.25) is 0 Å². The van der Waals surface area contributed by atoms with Crippen LogP contribution in [-0.4, -0.2) is 30.5 Å². The fourth-order valence-corrected chi connectivity index (χ4v) is 2.02. The van der Waals surface area contributed by atoms with Gasteiger partial charge in [-0.2, -0.15) is 0 Å². The molecule has 20 heavy (non-hydrogen) atoms. The van der Waals surface area contributed by atoms with Crippen molar-refractivity contribution in [2.75, 3.05) is 18.5 Å². The molecular formula is C17H25NO2. The Labute approximate surface area is 122 Å². The van der Waals surface area contributed by atoms with Crippen molar-refractivity contribution in [3.05, 3.63) is 29.8 Å². The zero-order valence-corrected chi connectivity index (χ0v) is 12.6. The molecule has 0 radical (unpaired) electrons. The average Bonchev–Trinajstić information content (AvgIpc) is 2.42. The molecule has 1 aromatic carbocycles. The van der Waals surface area contributed by atoms with E-state index in [1.165, 1.54) is 0 Å². The minimum atomic E-state index is -0.529. The Balaban J connectivity index is 2.29. The smallest absolute Gasteiger partial charge is 0.0945 e. The van der Waals surface area contributed by atoms with E-state index in [0.717, 1.165) is 17.7 Å². The summed E-state index contributed by atoms with van der Waals surface area (Å²) in [6.45, 7) is 7.15. The normalized spacial score (nSPS) is 13.8. The Morgan fingerprint density at radius 2 is 2.10 bits per heavy atom. The number of rotatable bonds is 8. The first-order valence-corrected chi connectivity index (χ1v) is 7.11. The number of aliphatic hydroxyl groups excluding tert-OH is 1. The summed E-state index contributed by atoms with van der Waals surface area (Å²) in [5.74, 6) is 3.19. The van der Waals surface area contributed by atoms with Crippen molar-refractivity contribution < 1.29 is 9.84 Å². The van der Waals surface area contributed by atoms with Gasteiger partial charge in [0.2, 0.25) is 0 Å². The maximum Gasteiger partial charge on any atom is 0.0945 e. The van der Waals surface area contributed by atoms with Gasteiger partial charge in [-0.15, -0.1) is 6.42 Å². The van der Waals surface area contributed by atoms with Crippen LogP contribution < -0.4 is 5.32 Å². The molecule has 0 heterocycles. The second kappa shape index (κ2) is 8.63. The van der Waals surface area contributed by atoms with Crippen LogP contribution in [0.4, 0.5) is 5.69 Å². The minimum absolute atomic E-state index is 0.175. The molecule has 110 valence electrons. The van der Waals surface area contributed by atoms with Crippen molar-refractivity contribution in [1.29, 1.82) is 0 Å². The molecule has 0 aliphatic rings. The molecule has 1 aromatic rings. The highest BCUT2D eigenvalue weighted by atomic mass is 16.5. The Morgan fingerprint density at radius 3 is 2.75 bits per heavy atom. The van der Waals surface area contributed by atoms with Crippen LogP contribution in [0.3, 0.4) is 0 Å². The Bertz CT molecular complexity index is 437. The van der Waals surface area contributed by atoms with Gasteiger partial charge in [-0.05, 0) is 37.5 Å². The summed E-state index contributed by atoms with van der Waals surface area (Å²) in [6.07, 6.45) is 6.00. The average molecular weight is 275 g/mol. The fourth-order valence-electron chi connectivity index (χ4n) is 2.02. The summed E-state index contributed by atoms with van der Waals surface area (Å²) < 4.78 is 5.63. The standard InChI is InChI=1S/C17H25NO2/c1-5-15-7-6-8-16(10-15)18-11-17(19)12-20-14(4)9-13(2)3/h1,6-8,10,13-14,17-19H,9,11-12H2,2-4H3. The first kappa shape index (κ1) is 16.6. The number of benzene rings is 1. The van der Waals surface area contributed by atoms with E-state index in [1.54, 1.807) is 0 Å². The highest BCUT2D eigenvalue weighted by molar-refractivity contribution is 5.49. The molecule has 0 bridgehead atoms. The minimum Gasteiger partial charge on any atom is -0.389 e. The molecule has 0 fully saturated rings. The Morgan fingerprint density at radius 1 is 1.35 bits per heavy atom. The molecule has 0 aliphatic carbocycles. The van der Waals surface area contributed by atoms with Crippen molar-refractivity contribution in [3.8, 4) is 12.3 Å². The SMILES string of the molecule is C#Cc1cccc(NCC(O)COC(C)CC(C)C)c1. The molecule has 0 aliphatic heterocycles. The first-order valence-electron chi connectivity index (χ1n) is 7.11. The van der Waals surface area contributed by atoms with Crippen LogP contribution in [0.15, 0.2) is 24.3 Å². The fraction of sp³-hybridized carbons (Fsp3) is 0.529. The highest BCUT2D eigenvalue weighted by Gasteiger charge is 2.09. The third-order valence-corrected chi connectivity index (χ3v) is 2.95. The summed E-state index contributed by atoms with van der Waals surface area (Å²) in [6, 6.07) is 7.58. The van der Waals surface area contributed by atoms with Crippen molar-refractivity contribution in [2.24, 2.45) is 5.92 Å². The highest BCUT2D eigenvalue weighted by Crippen LogP contribution is 2.10. The van der Waals surface area contributed by atoms with Gasteiger partial charge in [-0.3, -0.25) is 0 Å². The van der Waals surface area contributed by atoms with Crippen molar-refractivity contribution in [2.45, 2.75) is 39.4 Å². The number of anilines is 1. The molecule has 3 nitrogen and oxygen atoms in total. The van der Waals surface area contributed by atoms with Crippen molar-refractivity contribution in [3.63, 3.8) is 0 Å². The van der Waals surface area contributed by atoms with Gasteiger partial charge in [0.15, 0.2) is 0 Å². The second-order valence-electron chi connectivity index (χ2n) is 5.53. The monoisotopic (exact) mass is 275 g/mol. The van der Waals surface area contributed by atoms with E-state index in [2.05, 4.69) is 25.1 Å². The number of hydrogen-bond acceptors (Lipinski definition) is 3. The van der Waals surface area contributed by atoms with Crippen LogP contribution in [0, 0.1) is 18.3 Å². The Hall–Kier alpha value is -1.50. The molecule has 2 atom stereocenters. The molecule has 0 saturated heterocycles. The molecule has 3 heteroatoms. The summed E-state index contributed by atoms with van der Waals surface area (Å²) >= 11 is 0. The maximum absolute atomic E-state index is 9.89. The number of terminal acetylenes is 1. The molecule has 0 saturated carbocycles. The van der Waals surface area contributed by atoms with E-state index in [9.17, 15) is 5.11 Å². The van der Waals surface area contributed by atoms with Crippen LogP contribution in [0.5, 0.6) is 0 Å². The number of aliphatic hydroxyl groups is 1. The van der Waals surface area contributed by atoms with Crippen LogP contribution in [0.1, 0.15) is 32.8 Å². The lowest BCUT2D eigenvalue weighted by Gasteiger charge is -2.18. The topological polar surface area (TPSA) is 41.5 Å². The zero-order valence-electron chi connectivity index (χ0n) is 12.6. The maximum atomic E-state index is 9.89. The van der Waals surface area contributed by atoms with E-state index in [-0.39, 0.29) is 6.10 Å². The molecule has 0 aromatic heterocycles. The Kier molecular flexibility index (Phi) is 7.14. The van der Waals surface area contributed by atoms with Gasteiger partial charge in [0.05, 0.1) is 18.8 Å². The van der Waals surface area contributed by atoms with E-state index >= 15 is 0 Å². The van der Waals surface area contributed by atoms with Gasteiger partial charge in [-0.1, -0.05) is 25.8 Å². The molecule has 0 spiro atoms. The van der Waals surface area contributed by atoms with Gasteiger partial charge in [0.1, 0.15) is 0 Å². The third kappa shape index (κ3) is 6.60. The summed E-state index contributed by atoms with van der Waals surface area (Å²) in [4.78, 5) is 0. The summed E-state index contributed by atoms with van der Waals surface area (Å²) in [7, 11) is 0. The van der Waals surface area contributed by atoms with Gasteiger partial charge in [0.25, 0.3) is 0 Å². The molecule has 0 amide bonds. The van der Waals surface area contributed by atoms with Gasteiger partial charge in [0, 0.05) is 17.8 Å². The largest absolute Gasteiger partial charge is 0.389 e. The van der Waals surface area contributed by atoms with Gasteiger partial charge >= 0.3 is 0 Å². The number of ether oxygens (including phenoxy) is 1. The quantitative estimate of drug-likeness (QED) is 0.717. The van der Waals surface area contributed by atoms with Crippen LogP contribution in [0.25, 0.3) is 0 Å². The van der Waals surface area contributed by atoms with Crippen LogP contribution >= 0.6 is 0 Å². The van der Waals surface area contributed by atoms with E-state index in [4.69, 9.17) is 11.2 Å². The van der Waals surface area contributed by atoms with E-state index in [0.29, 0.717) is 19.1 Å². The zero-order chi connectivity index (χ0) is 15.0. The van der Waals surface area contributed by atoms with E-state index < -0.39 is 6.10 Å². The summed E-state index contributed by atoms with van der Waals surface area (Å²) in [5, 5.41) is 13.1. The van der Waals surface area contributed by atoms with Gasteiger partial charge < -0.3 is 15.2 Å². The predicted molar refractivity (Wildman–Crippen MR) is 83.7 cm³/mol. The number of hydrogen-bond donors (Lipinski definition) is 2. The van der Waals surface area contributed by atoms with Crippen LogP contribution in [-0.2, 0) is 4.74 Å². The third-order valence-electron chi connectivity index (χ3n) is 2.95. The van der Waals surface area contributed by atoms with E-state index in [1.807, 2.05) is 31.2 Å². The second-order valence-corrected chi connectivity index (χ2v) is 5.53. The summed E-state index contributed by atoms with van der Waals surface area (Å²) in [5.41, 5.74) is 1.74. The van der Waals surface area contributed by atoms with Gasteiger partial charge in [-0.25, -0.2) is 0 Å². The predicted octanol–water partition coefficient (Wildman–Crippen LogP) is 2.89. The molecule has 1 rings (SSSR count). The number of nitrogens with one attached hydrogen (secondary N) is 1. The molecular weight excluding hydrogens is 250 g/mol. The first-order chi connectivity index (χ1) is 9.51. The molecule has 2 unspecified atom stereocenters. The van der Waals surface area contributed by atoms with Crippen molar-refractivity contribution in [1.82, 2.24) is 0 Å². The lowest BCUT2D eigenvalue weighted by atomic mass is 10.1.